The predicted molar refractivity (Wildman–Crippen MR) is 69.0 cm³/mol. The number of esters is 1. The molecule has 1 unspecified atom stereocenters. The molecule has 0 radical (unpaired) electrons. The molecule has 1 aliphatic heterocycles. The lowest BCUT2D eigenvalue weighted by Crippen LogP contribution is -2.21. The number of carbonyl (C=O) groups is 1. The van der Waals surface area contributed by atoms with Gasteiger partial charge in [-0.2, -0.15) is 0 Å². The molecule has 0 bridgehead atoms. The molecule has 0 amide bonds. The van der Waals surface area contributed by atoms with Gasteiger partial charge in [-0.1, -0.05) is 13.0 Å². The lowest BCUT2D eigenvalue weighted by Gasteiger charge is -2.25. The van der Waals surface area contributed by atoms with Crippen LogP contribution in [0.25, 0.3) is 0 Å². The van der Waals surface area contributed by atoms with E-state index in [1.807, 2.05) is 37.1 Å². The van der Waals surface area contributed by atoms with Crippen molar-refractivity contribution in [2.45, 2.75) is 25.7 Å². The molecule has 1 aromatic carbocycles. The minimum Gasteiger partial charge on any atom is -0.426 e. The average Bonchev–Trinajstić information content (AvgIpc) is 2.34. The van der Waals surface area contributed by atoms with E-state index in [4.69, 9.17) is 4.74 Å². The van der Waals surface area contributed by atoms with E-state index < -0.39 is 0 Å². The molecule has 18 heavy (non-hydrogen) atoms. The summed E-state index contributed by atoms with van der Waals surface area (Å²) >= 11 is 0. The number of ether oxygens (including phenoxy) is 1. The summed E-state index contributed by atoms with van der Waals surface area (Å²) in [5.41, 5.74) is 2.02. The number of rotatable bonds is 4. The van der Waals surface area contributed by atoms with Gasteiger partial charge in [0.25, 0.3) is 0 Å². The summed E-state index contributed by atoms with van der Waals surface area (Å²) in [6.07, 6.45) is 0.938. The van der Waals surface area contributed by atoms with Gasteiger partial charge in [0, 0.05) is 25.3 Å². The molecular formula is C14H18FNO2. The summed E-state index contributed by atoms with van der Waals surface area (Å²) in [7, 11) is 1.91. The van der Waals surface area contributed by atoms with Gasteiger partial charge in [0.15, 0.2) is 0 Å². The van der Waals surface area contributed by atoms with Crippen molar-refractivity contribution in [3.63, 3.8) is 0 Å². The quantitative estimate of drug-likeness (QED) is 0.608. The fourth-order valence-electron chi connectivity index (χ4n) is 2.21. The summed E-state index contributed by atoms with van der Waals surface area (Å²) in [6.45, 7) is 2.35. The zero-order valence-corrected chi connectivity index (χ0v) is 10.8. The molecule has 98 valence electrons. The molecule has 0 spiro atoms. The zero-order valence-electron chi connectivity index (χ0n) is 10.8. The Labute approximate surface area is 107 Å². The lowest BCUT2D eigenvalue weighted by molar-refractivity contribution is -0.135. The Bertz CT molecular complexity index is 447. The molecule has 1 aromatic rings. The van der Waals surface area contributed by atoms with Crippen LogP contribution >= 0.6 is 0 Å². The molecular weight excluding hydrogens is 233 g/mol. The molecule has 0 saturated carbocycles. The number of carbonyl (C=O) groups excluding carboxylic acids is 1. The highest BCUT2D eigenvalue weighted by molar-refractivity contribution is 5.77. The van der Waals surface area contributed by atoms with Gasteiger partial charge in [-0.25, -0.2) is 0 Å². The van der Waals surface area contributed by atoms with Crippen LogP contribution in [0.4, 0.5) is 10.1 Å². The van der Waals surface area contributed by atoms with Crippen LogP contribution < -0.4 is 9.64 Å². The molecule has 0 saturated heterocycles. The van der Waals surface area contributed by atoms with Gasteiger partial charge in [0.05, 0.1) is 13.1 Å². The van der Waals surface area contributed by atoms with Gasteiger partial charge in [-0.15, -0.1) is 0 Å². The van der Waals surface area contributed by atoms with Crippen LogP contribution in [0.15, 0.2) is 18.2 Å². The number of nitrogens with zero attached hydrogens (tertiary/aromatic N) is 1. The maximum atomic E-state index is 12.1. The molecule has 0 fully saturated rings. The number of halogens is 1. The van der Waals surface area contributed by atoms with Crippen molar-refractivity contribution in [2.75, 3.05) is 25.2 Å². The Morgan fingerprint density at radius 2 is 2.28 bits per heavy atom. The highest BCUT2D eigenvalue weighted by atomic mass is 19.1. The first-order chi connectivity index (χ1) is 8.61. The highest BCUT2D eigenvalue weighted by Gasteiger charge is 2.24. The maximum Gasteiger partial charge on any atom is 0.311 e. The number of hydrogen-bond acceptors (Lipinski definition) is 3. The average molecular weight is 251 g/mol. The van der Waals surface area contributed by atoms with Crippen LogP contribution in [-0.2, 0) is 4.79 Å². The molecule has 1 atom stereocenters. The minimum atomic E-state index is -0.318. The molecule has 1 aliphatic rings. The van der Waals surface area contributed by atoms with Crippen LogP contribution in [0.3, 0.4) is 0 Å². The van der Waals surface area contributed by atoms with E-state index in [9.17, 15) is 9.18 Å². The Morgan fingerprint density at radius 1 is 1.50 bits per heavy atom. The van der Waals surface area contributed by atoms with E-state index >= 15 is 0 Å². The van der Waals surface area contributed by atoms with Gasteiger partial charge < -0.3 is 9.64 Å². The first kappa shape index (κ1) is 12.9. The Hall–Kier alpha value is -1.58. The zero-order chi connectivity index (χ0) is 13.1. The Kier molecular flexibility index (Phi) is 3.84. The maximum absolute atomic E-state index is 12.1. The van der Waals surface area contributed by atoms with Crippen LogP contribution in [0.1, 0.15) is 31.2 Å². The van der Waals surface area contributed by atoms with E-state index in [0.29, 0.717) is 25.1 Å². The predicted octanol–water partition coefficient (Wildman–Crippen LogP) is 2.90. The summed E-state index contributed by atoms with van der Waals surface area (Å²) < 4.78 is 17.4. The van der Waals surface area contributed by atoms with Gasteiger partial charge in [0.2, 0.25) is 0 Å². The van der Waals surface area contributed by atoms with Crippen molar-refractivity contribution in [1.29, 1.82) is 0 Å². The van der Waals surface area contributed by atoms with Crippen molar-refractivity contribution in [3.05, 3.63) is 23.8 Å². The normalized spacial score (nSPS) is 18.2. The van der Waals surface area contributed by atoms with Gasteiger partial charge in [-0.05, 0) is 24.0 Å². The molecule has 4 heteroatoms. The first-order valence-electron chi connectivity index (χ1n) is 6.23. The van der Waals surface area contributed by atoms with Gasteiger partial charge in [0.1, 0.15) is 5.75 Å². The second-order valence-electron chi connectivity index (χ2n) is 4.77. The van der Waals surface area contributed by atoms with Crippen molar-refractivity contribution in [3.8, 4) is 5.75 Å². The summed E-state index contributed by atoms with van der Waals surface area (Å²) in [5.74, 6) is 0.661. The molecule has 1 heterocycles. The third-order valence-electron chi connectivity index (χ3n) is 3.29. The number of alkyl halides is 1. The van der Waals surface area contributed by atoms with Crippen LogP contribution in [0, 0.1) is 0 Å². The number of anilines is 1. The number of fused-ring (bicyclic) bond motifs is 1. The Morgan fingerprint density at radius 3 is 3.00 bits per heavy atom. The number of hydrogen-bond donors (Lipinski definition) is 0. The SMILES string of the molecule is CC1CC(=O)Oc2cc(N(C)CCCF)ccc21. The van der Waals surface area contributed by atoms with Crippen LogP contribution in [0.5, 0.6) is 5.75 Å². The summed E-state index contributed by atoms with van der Waals surface area (Å²) in [5, 5.41) is 0. The third-order valence-corrected chi connectivity index (χ3v) is 3.29. The lowest BCUT2D eigenvalue weighted by atomic mass is 9.94. The summed E-state index contributed by atoms with van der Waals surface area (Å²) in [6, 6.07) is 5.85. The van der Waals surface area contributed by atoms with Crippen molar-refractivity contribution >= 4 is 11.7 Å². The molecule has 2 rings (SSSR count). The van der Waals surface area contributed by atoms with E-state index in [1.54, 1.807) is 0 Å². The van der Waals surface area contributed by atoms with Crippen molar-refractivity contribution in [2.24, 2.45) is 0 Å². The number of benzene rings is 1. The second-order valence-corrected chi connectivity index (χ2v) is 4.77. The fraction of sp³-hybridized carbons (Fsp3) is 0.500. The molecule has 0 aromatic heterocycles. The molecule has 0 N–H and O–H groups in total. The van der Waals surface area contributed by atoms with E-state index in [1.165, 1.54) is 0 Å². The van der Waals surface area contributed by atoms with E-state index in [2.05, 4.69) is 0 Å². The summed E-state index contributed by atoms with van der Waals surface area (Å²) in [4.78, 5) is 13.4. The molecule has 3 nitrogen and oxygen atoms in total. The monoisotopic (exact) mass is 251 g/mol. The highest BCUT2D eigenvalue weighted by Crippen LogP contribution is 2.36. The van der Waals surface area contributed by atoms with E-state index in [0.717, 1.165) is 11.3 Å². The molecule has 0 aliphatic carbocycles. The second kappa shape index (κ2) is 5.38. The van der Waals surface area contributed by atoms with Crippen LogP contribution in [0.2, 0.25) is 0 Å². The fourth-order valence-corrected chi connectivity index (χ4v) is 2.21. The van der Waals surface area contributed by atoms with Crippen LogP contribution in [-0.4, -0.2) is 26.2 Å². The van der Waals surface area contributed by atoms with Crippen molar-refractivity contribution < 1.29 is 13.9 Å². The largest absolute Gasteiger partial charge is 0.426 e. The topological polar surface area (TPSA) is 29.5 Å². The first-order valence-corrected chi connectivity index (χ1v) is 6.23. The Balaban J connectivity index is 2.21. The van der Waals surface area contributed by atoms with Gasteiger partial charge in [-0.3, -0.25) is 9.18 Å². The smallest absolute Gasteiger partial charge is 0.311 e. The third kappa shape index (κ3) is 2.63. The minimum absolute atomic E-state index is 0.182. The standard InChI is InChI=1S/C14H18FNO2/c1-10-8-14(17)18-13-9-11(4-5-12(10)13)16(2)7-3-6-15/h4-5,9-10H,3,6-8H2,1-2H3. The van der Waals surface area contributed by atoms with E-state index in [-0.39, 0.29) is 18.6 Å². The van der Waals surface area contributed by atoms with Crippen molar-refractivity contribution in [1.82, 2.24) is 0 Å². The van der Waals surface area contributed by atoms with Gasteiger partial charge >= 0.3 is 5.97 Å².